The van der Waals surface area contributed by atoms with Crippen LogP contribution in [-0.4, -0.2) is 68.6 Å². The molecular weight excluding hydrogens is 488 g/mol. The monoisotopic (exact) mass is 524 g/mol. The Hall–Kier alpha value is -4.26. The smallest absolute Gasteiger partial charge is 0.349 e. The predicted molar refractivity (Wildman–Crippen MR) is 159 cm³/mol. The van der Waals surface area contributed by atoms with Crippen molar-refractivity contribution in [2.24, 2.45) is 0 Å². The fourth-order valence-corrected chi connectivity index (χ4v) is 5.08. The summed E-state index contributed by atoms with van der Waals surface area (Å²) in [6.07, 6.45) is 10.7. The molecule has 1 amide bonds. The van der Waals surface area contributed by atoms with E-state index in [-0.39, 0.29) is 11.5 Å². The highest BCUT2D eigenvalue weighted by molar-refractivity contribution is 5.97. The highest BCUT2D eigenvalue weighted by Gasteiger charge is 2.25. The van der Waals surface area contributed by atoms with Gasteiger partial charge in [-0.2, -0.15) is 0 Å². The highest BCUT2D eigenvalue weighted by atomic mass is 16.4. The number of benzene rings is 2. The summed E-state index contributed by atoms with van der Waals surface area (Å²) in [4.78, 5) is 34.4. The molecule has 0 unspecified atom stereocenters. The van der Waals surface area contributed by atoms with Crippen LogP contribution in [0.15, 0.2) is 87.7 Å². The Bertz CT molecular complexity index is 1470. The average Bonchev–Trinajstić information content (AvgIpc) is 2.97. The van der Waals surface area contributed by atoms with Gasteiger partial charge >= 0.3 is 5.63 Å². The van der Waals surface area contributed by atoms with Gasteiger partial charge in [0.1, 0.15) is 11.1 Å². The molecule has 3 heterocycles. The van der Waals surface area contributed by atoms with Crippen molar-refractivity contribution < 1.29 is 9.21 Å². The van der Waals surface area contributed by atoms with Gasteiger partial charge in [0.25, 0.3) is 5.91 Å². The molecule has 0 saturated carbocycles. The third-order valence-corrected chi connectivity index (χ3v) is 7.51. The summed E-state index contributed by atoms with van der Waals surface area (Å²) in [5.41, 5.74) is 4.51. The van der Waals surface area contributed by atoms with Crippen LogP contribution in [0, 0.1) is 0 Å². The zero-order valence-corrected chi connectivity index (χ0v) is 23.0. The van der Waals surface area contributed by atoms with Crippen LogP contribution in [0.25, 0.3) is 17.0 Å². The van der Waals surface area contributed by atoms with Crippen molar-refractivity contribution in [2.45, 2.75) is 13.8 Å². The number of nitrogens with zero attached hydrogens (tertiary/aromatic N) is 4. The number of amides is 1. The van der Waals surface area contributed by atoms with E-state index in [4.69, 9.17) is 4.42 Å². The Morgan fingerprint density at radius 1 is 0.974 bits per heavy atom. The zero-order valence-electron chi connectivity index (χ0n) is 23.0. The second-order valence-corrected chi connectivity index (χ2v) is 10.0. The average molecular weight is 525 g/mol. The van der Waals surface area contributed by atoms with Crippen molar-refractivity contribution >= 4 is 34.3 Å². The van der Waals surface area contributed by atoms with Crippen molar-refractivity contribution in [3.8, 4) is 0 Å². The number of hydrogen-bond acceptors (Lipinski definition) is 6. The van der Waals surface area contributed by atoms with E-state index in [0.717, 1.165) is 42.0 Å². The van der Waals surface area contributed by atoms with Crippen LogP contribution >= 0.6 is 0 Å². The molecule has 7 heteroatoms. The summed E-state index contributed by atoms with van der Waals surface area (Å²) in [5.74, 6) is -0.268. The van der Waals surface area contributed by atoms with Gasteiger partial charge in [0.05, 0.1) is 0 Å². The van der Waals surface area contributed by atoms with Crippen molar-refractivity contribution in [1.82, 2.24) is 9.80 Å². The van der Waals surface area contributed by atoms with E-state index in [2.05, 4.69) is 90.4 Å². The highest BCUT2D eigenvalue weighted by Crippen LogP contribution is 2.23. The quantitative estimate of drug-likeness (QED) is 0.406. The normalized spacial score (nSPS) is 15.8. The number of carbonyl (C=O) groups is 1. The van der Waals surface area contributed by atoms with Gasteiger partial charge in [-0.15, -0.1) is 0 Å². The van der Waals surface area contributed by atoms with Crippen LogP contribution in [0.1, 0.15) is 29.8 Å². The maximum atomic E-state index is 13.3. The first-order chi connectivity index (χ1) is 18.9. The largest absolute Gasteiger partial charge is 0.422 e. The van der Waals surface area contributed by atoms with E-state index in [0.29, 0.717) is 31.8 Å². The molecule has 0 bridgehead atoms. The topological polar surface area (TPSA) is 60.2 Å². The van der Waals surface area contributed by atoms with Gasteiger partial charge in [-0.1, -0.05) is 30.4 Å². The molecule has 0 atom stereocenters. The third-order valence-electron chi connectivity index (χ3n) is 7.51. The van der Waals surface area contributed by atoms with Crippen molar-refractivity contribution in [3.05, 3.63) is 100 Å². The molecule has 39 heavy (non-hydrogen) atoms. The van der Waals surface area contributed by atoms with Gasteiger partial charge in [0, 0.05) is 75.7 Å². The minimum absolute atomic E-state index is 0.0947. The standard InChI is InChI=1S/C32H36N4O3/c1-4-34(5-2)28-13-10-26-22-29(32(38)39-30(26)23-28)31(37)36-20-18-35(19-21-36)27-11-8-24(9-12-27)6-7-25-14-16-33(3)17-15-25/h6-16,22-23H,4-5,17-21H2,1-3H3/b7-6+. The maximum Gasteiger partial charge on any atom is 0.349 e. The maximum absolute atomic E-state index is 13.3. The first-order valence-electron chi connectivity index (χ1n) is 13.7. The van der Waals surface area contributed by atoms with E-state index >= 15 is 0 Å². The molecule has 0 N–H and O–H groups in total. The minimum Gasteiger partial charge on any atom is -0.422 e. The number of likely N-dealkylation sites (N-methyl/N-ethyl adjacent to an activating group) is 1. The lowest BCUT2D eigenvalue weighted by Crippen LogP contribution is -2.49. The van der Waals surface area contributed by atoms with Crippen LogP contribution in [0.5, 0.6) is 0 Å². The number of carbonyl (C=O) groups excluding carboxylic acids is 1. The first kappa shape index (κ1) is 26.4. The number of allylic oxidation sites excluding steroid dienone is 3. The molecule has 2 aliphatic rings. The molecular formula is C32H36N4O3. The van der Waals surface area contributed by atoms with Crippen LogP contribution in [0.2, 0.25) is 0 Å². The van der Waals surface area contributed by atoms with Crippen LogP contribution in [0.4, 0.5) is 11.4 Å². The second-order valence-electron chi connectivity index (χ2n) is 10.0. The summed E-state index contributed by atoms with van der Waals surface area (Å²) in [7, 11) is 2.06. The molecule has 2 aliphatic heterocycles. The summed E-state index contributed by atoms with van der Waals surface area (Å²) in [6, 6.07) is 16.0. The lowest BCUT2D eigenvalue weighted by atomic mass is 10.1. The Labute approximate surface area is 229 Å². The van der Waals surface area contributed by atoms with Crippen molar-refractivity contribution in [3.63, 3.8) is 0 Å². The molecule has 3 aromatic rings. The van der Waals surface area contributed by atoms with Crippen LogP contribution in [0.3, 0.4) is 0 Å². The summed E-state index contributed by atoms with van der Waals surface area (Å²) in [6.45, 7) is 9.35. The Morgan fingerprint density at radius 3 is 2.38 bits per heavy atom. The lowest BCUT2D eigenvalue weighted by molar-refractivity contribution is 0.0742. The molecule has 2 aromatic carbocycles. The van der Waals surface area contributed by atoms with E-state index in [1.54, 1.807) is 11.0 Å². The molecule has 0 aliphatic carbocycles. The van der Waals surface area contributed by atoms with E-state index < -0.39 is 5.63 Å². The molecule has 1 aromatic heterocycles. The fraction of sp³-hybridized carbons (Fsp3) is 0.312. The molecule has 0 spiro atoms. The van der Waals surface area contributed by atoms with E-state index in [9.17, 15) is 9.59 Å². The van der Waals surface area contributed by atoms with Crippen LogP contribution in [-0.2, 0) is 0 Å². The zero-order chi connectivity index (χ0) is 27.4. The van der Waals surface area contributed by atoms with Gasteiger partial charge in [0.2, 0.25) is 0 Å². The number of hydrogen-bond donors (Lipinski definition) is 0. The first-order valence-corrected chi connectivity index (χ1v) is 13.7. The molecule has 0 radical (unpaired) electrons. The van der Waals surface area contributed by atoms with E-state index in [1.807, 2.05) is 18.2 Å². The van der Waals surface area contributed by atoms with Gasteiger partial charge in [-0.3, -0.25) is 4.79 Å². The molecule has 7 nitrogen and oxygen atoms in total. The van der Waals surface area contributed by atoms with Crippen molar-refractivity contribution in [2.75, 3.05) is 62.7 Å². The fourth-order valence-electron chi connectivity index (χ4n) is 5.08. The minimum atomic E-state index is -0.582. The van der Waals surface area contributed by atoms with Gasteiger partial charge in [-0.25, -0.2) is 4.79 Å². The van der Waals surface area contributed by atoms with Gasteiger partial charge < -0.3 is 24.0 Å². The molecule has 202 valence electrons. The molecule has 5 rings (SSSR count). The molecule has 1 saturated heterocycles. The van der Waals surface area contributed by atoms with Gasteiger partial charge in [-0.05, 0) is 67.6 Å². The summed E-state index contributed by atoms with van der Waals surface area (Å²) < 4.78 is 5.59. The second kappa shape index (κ2) is 11.6. The Kier molecular flexibility index (Phi) is 7.87. The molecule has 1 fully saturated rings. The van der Waals surface area contributed by atoms with Crippen molar-refractivity contribution in [1.29, 1.82) is 0 Å². The summed E-state index contributed by atoms with van der Waals surface area (Å²) in [5, 5.41) is 0.754. The van der Waals surface area contributed by atoms with Gasteiger partial charge in [0.15, 0.2) is 0 Å². The number of piperazine rings is 1. The Morgan fingerprint density at radius 2 is 1.72 bits per heavy atom. The number of fused-ring (bicyclic) bond motifs is 1. The number of anilines is 2. The van der Waals surface area contributed by atoms with Crippen LogP contribution < -0.4 is 15.4 Å². The lowest BCUT2D eigenvalue weighted by Gasteiger charge is -2.36. The Balaban J connectivity index is 1.21. The summed E-state index contributed by atoms with van der Waals surface area (Å²) >= 11 is 0. The number of rotatable bonds is 7. The SMILES string of the molecule is CCN(CC)c1ccc2cc(C(=O)N3CCN(c4ccc(/C=C/C5=CCN(C)C=C5)cc4)CC3)c(=O)oc2c1. The van der Waals surface area contributed by atoms with E-state index in [1.165, 1.54) is 5.57 Å². The predicted octanol–water partition coefficient (Wildman–Crippen LogP) is 5.00. The third kappa shape index (κ3) is 5.93.